The molecule has 0 heterocycles. The van der Waals surface area contributed by atoms with Gasteiger partial charge in [0.05, 0.1) is 0 Å². The van der Waals surface area contributed by atoms with Crippen LogP contribution >= 0.6 is 23.4 Å². The molecule has 0 radical (unpaired) electrons. The number of nitrogens with two attached hydrogens (primary N) is 1. The van der Waals surface area contributed by atoms with E-state index in [0.717, 1.165) is 11.3 Å². The first kappa shape index (κ1) is 11.8. The van der Waals surface area contributed by atoms with Crippen LogP contribution in [0.3, 0.4) is 0 Å². The number of hydrogen-bond donors (Lipinski definition) is 1. The van der Waals surface area contributed by atoms with Crippen molar-refractivity contribution in [2.24, 2.45) is 5.73 Å². The van der Waals surface area contributed by atoms with Crippen molar-refractivity contribution >= 4 is 23.4 Å². The van der Waals surface area contributed by atoms with Gasteiger partial charge in [-0.2, -0.15) is 11.8 Å². The van der Waals surface area contributed by atoms with E-state index in [4.69, 9.17) is 17.3 Å². The Morgan fingerprint density at radius 2 is 2.29 bits per heavy atom. The van der Waals surface area contributed by atoms with Gasteiger partial charge in [0.15, 0.2) is 0 Å². The zero-order valence-corrected chi connectivity index (χ0v) is 9.54. The predicted octanol–water partition coefficient (Wildman–Crippen LogP) is 3.06. The molecule has 1 aromatic rings. The summed E-state index contributed by atoms with van der Waals surface area (Å²) in [7, 11) is 0. The summed E-state index contributed by atoms with van der Waals surface area (Å²) < 4.78 is 12.7. The second-order valence-corrected chi connectivity index (χ2v) is 4.93. The molecule has 0 aliphatic heterocycles. The molecule has 1 aromatic carbocycles. The molecule has 14 heavy (non-hydrogen) atoms. The molecule has 0 fully saturated rings. The van der Waals surface area contributed by atoms with Crippen LogP contribution in [0.5, 0.6) is 0 Å². The Bertz CT molecular complexity index is 306. The minimum absolute atomic E-state index is 0.296. The Morgan fingerprint density at radius 3 is 2.86 bits per heavy atom. The van der Waals surface area contributed by atoms with Crippen LogP contribution in [0.25, 0.3) is 0 Å². The molecule has 4 heteroatoms. The van der Waals surface area contributed by atoms with Gasteiger partial charge in [0.2, 0.25) is 0 Å². The standard InChI is InChI=1S/C10H13ClFNS/c1-7(5-13)14-6-8-2-3-9(12)4-10(8)11/h2-4,7H,5-6,13H2,1H3. The van der Waals surface area contributed by atoms with Gasteiger partial charge in [-0.15, -0.1) is 0 Å². The fourth-order valence-corrected chi connectivity index (χ4v) is 2.10. The molecule has 78 valence electrons. The van der Waals surface area contributed by atoms with Crippen LogP contribution < -0.4 is 5.73 Å². The molecule has 2 N–H and O–H groups in total. The van der Waals surface area contributed by atoms with E-state index in [2.05, 4.69) is 6.92 Å². The minimum Gasteiger partial charge on any atom is -0.329 e. The lowest BCUT2D eigenvalue weighted by Gasteiger charge is -2.08. The molecule has 0 amide bonds. The van der Waals surface area contributed by atoms with Gasteiger partial charge in [-0.25, -0.2) is 4.39 Å². The van der Waals surface area contributed by atoms with Crippen molar-refractivity contribution in [1.29, 1.82) is 0 Å². The zero-order valence-electron chi connectivity index (χ0n) is 7.97. The highest BCUT2D eigenvalue weighted by Gasteiger charge is 2.04. The molecule has 0 saturated carbocycles. The Kier molecular flexibility index (Phi) is 4.72. The van der Waals surface area contributed by atoms with Gasteiger partial charge in [0.1, 0.15) is 5.82 Å². The van der Waals surface area contributed by atoms with Gasteiger partial charge in [-0.3, -0.25) is 0 Å². The molecule has 1 rings (SSSR count). The zero-order chi connectivity index (χ0) is 10.6. The maximum Gasteiger partial charge on any atom is 0.124 e. The lowest BCUT2D eigenvalue weighted by molar-refractivity contribution is 0.627. The van der Waals surface area contributed by atoms with Crippen molar-refractivity contribution in [2.75, 3.05) is 6.54 Å². The van der Waals surface area contributed by atoms with E-state index >= 15 is 0 Å². The average Bonchev–Trinajstić information content (AvgIpc) is 2.16. The summed E-state index contributed by atoms with van der Waals surface area (Å²) in [5, 5.41) is 0.887. The van der Waals surface area contributed by atoms with Crippen molar-refractivity contribution in [3.05, 3.63) is 34.6 Å². The fraction of sp³-hybridized carbons (Fsp3) is 0.400. The number of hydrogen-bond acceptors (Lipinski definition) is 2. The van der Waals surface area contributed by atoms with E-state index in [1.807, 2.05) is 0 Å². The van der Waals surface area contributed by atoms with Crippen molar-refractivity contribution in [2.45, 2.75) is 17.9 Å². The minimum atomic E-state index is -0.296. The summed E-state index contributed by atoms with van der Waals surface area (Å²) in [6, 6.07) is 4.48. The Labute approximate surface area is 92.8 Å². The summed E-state index contributed by atoms with van der Waals surface area (Å²) in [5.41, 5.74) is 6.44. The molecule has 0 aliphatic rings. The maximum absolute atomic E-state index is 12.7. The molecule has 0 saturated heterocycles. The van der Waals surface area contributed by atoms with E-state index in [1.54, 1.807) is 17.8 Å². The predicted molar refractivity (Wildman–Crippen MR) is 61.2 cm³/mol. The van der Waals surface area contributed by atoms with E-state index in [9.17, 15) is 4.39 Å². The smallest absolute Gasteiger partial charge is 0.124 e. The molecule has 1 atom stereocenters. The maximum atomic E-state index is 12.7. The lowest BCUT2D eigenvalue weighted by atomic mass is 10.2. The van der Waals surface area contributed by atoms with Crippen molar-refractivity contribution in [3.63, 3.8) is 0 Å². The highest BCUT2D eigenvalue weighted by Crippen LogP contribution is 2.24. The SMILES string of the molecule is CC(CN)SCc1ccc(F)cc1Cl. The van der Waals surface area contributed by atoms with E-state index in [-0.39, 0.29) is 5.82 Å². The molecule has 0 aliphatic carbocycles. The van der Waals surface area contributed by atoms with Crippen LogP contribution in [0.2, 0.25) is 5.02 Å². The summed E-state index contributed by atoms with van der Waals surface area (Å²) in [4.78, 5) is 0. The van der Waals surface area contributed by atoms with Gasteiger partial charge in [0.25, 0.3) is 0 Å². The van der Waals surface area contributed by atoms with Crippen LogP contribution in [0.4, 0.5) is 4.39 Å². The van der Waals surface area contributed by atoms with E-state index in [1.165, 1.54) is 12.1 Å². The summed E-state index contributed by atoms with van der Waals surface area (Å²) in [6.07, 6.45) is 0. The first-order valence-electron chi connectivity index (χ1n) is 4.39. The number of rotatable bonds is 4. The highest BCUT2D eigenvalue weighted by molar-refractivity contribution is 7.99. The van der Waals surface area contributed by atoms with E-state index < -0.39 is 0 Å². The lowest BCUT2D eigenvalue weighted by Crippen LogP contribution is -2.12. The van der Waals surface area contributed by atoms with Gasteiger partial charge in [-0.05, 0) is 17.7 Å². The largest absolute Gasteiger partial charge is 0.329 e. The average molecular weight is 234 g/mol. The van der Waals surface area contributed by atoms with Crippen LogP contribution in [-0.2, 0) is 5.75 Å². The third kappa shape index (κ3) is 3.48. The quantitative estimate of drug-likeness (QED) is 0.865. The third-order valence-electron chi connectivity index (χ3n) is 1.87. The van der Waals surface area contributed by atoms with Crippen LogP contribution in [0.15, 0.2) is 18.2 Å². The van der Waals surface area contributed by atoms with Crippen molar-refractivity contribution in [1.82, 2.24) is 0 Å². The van der Waals surface area contributed by atoms with Gasteiger partial charge < -0.3 is 5.73 Å². The van der Waals surface area contributed by atoms with E-state index in [0.29, 0.717) is 16.8 Å². The Hall–Kier alpha value is -0.250. The Balaban J connectivity index is 2.59. The third-order valence-corrected chi connectivity index (χ3v) is 3.46. The van der Waals surface area contributed by atoms with Crippen LogP contribution in [-0.4, -0.2) is 11.8 Å². The van der Waals surface area contributed by atoms with Crippen molar-refractivity contribution < 1.29 is 4.39 Å². The second kappa shape index (κ2) is 5.59. The molecular formula is C10H13ClFNS. The molecule has 0 bridgehead atoms. The Morgan fingerprint density at radius 1 is 1.57 bits per heavy atom. The van der Waals surface area contributed by atoms with Gasteiger partial charge in [0, 0.05) is 22.6 Å². The first-order valence-corrected chi connectivity index (χ1v) is 5.81. The molecule has 0 aromatic heterocycles. The summed E-state index contributed by atoms with van der Waals surface area (Å²) in [5.74, 6) is 0.480. The highest BCUT2D eigenvalue weighted by atomic mass is 35.5. The van der Waals surface area contributed by atoms with Crippen molar-refractivity contribution in [3.8, 4) is 0 Å². The molecular weight excluding hydrogens is 221 g/mol. The monoisotopic (exact) mass is 233 g/mol. The van der Waals surface area contributed by atoms with Gasteiger partial charge >= 0.3 is 0 Å². The topological polar surface area (TPSA) is 26.0 Å². The molecule has 0 spiro atoms. The summed E-state index contributed by atoms with van der Waals surface area (Å²) >= 11 is 7.59. The first-order chi connectivity index (χ1) is 6.63. The normalized spacial score (nSPS) is 12.9. The fourth-order valence-electron chi connectivity index (χ4n) is 0.939. The molecule has 1 nitrogen and oxygen atoms in total. The second-order valence-electron chi connectivity index (χ2n) is 3.09. The van der Waals surface area contributed by atoms with Crippen LogP contribution in [0, 0.1) is 5.82 Å². The summed E-state index contributed by atoms with van der Waals surface area (Å²) in [6.45, 7) is 2.70. The number of thioether (sulfide) groups is 1. The number of halogens is 2. The number of benzene rings is 1. The van der Waals surface area contributed by atoms with Crippen LogP contribution in [0.1, 0.15) is 12.5 Å². The van der Waals surface area contributed by atoms with Gasteiger partial charge in [-0.1, -0.05) is 24.6 Å². The molecule has 1 unspecified atom stereocenters.